The van der Waals surface area contributed by atoms with E-state index in [1.54, 1.807) is 6.07 Å². The summed E-state index contributed by atoms with van der Waals surface area (Å²) in [5, 5.41) is 8.94. The van der Waals surface area contributed by atoms with Crippen LogP contribution in [0.5, 0.6) is 0 Å². The molecule has 1 aromatic carbocycles. The van der Waals surface area contributed by atoms with Crippen LogP contribution < -0.4 is 10.6 Å². The van der Waals surface area contributed by atoms with Gasteiger partial charge in [-0.15, -0.1) is 0 Å². The van der Waals surface area contributed by atoms with Crippen LogP contribution in [0.3, 0.4) is 0 Å². The number of anilines is 2. The van der Waals surface area contributed by atoms with Crippen molar-refractivity contribution in [1.82, 2.24) is 4.98 Å². The SMILES string of the molecule is Cc1cccc(CN(C)c2ccc(N)c(C#N)n2)c1. The predicted molar refractivity (Wildman–Crippen MR) is 76.7 cm³/mol. The van der Waals surface area contributed by atoms with Crippen LogP contribution >= 0.6 is 0 Å². The standard InChI is InChI=1S/C15H16N4/c1-11-4-3-5-12(8-11)10-19(2)15-7-6-13(17)14(9-16)18-15/h3-8H,10,17H2,1-2H3. The van der Waals surface area contributed by atoms with Gasteiger partial charge in [0.15, 0.2) is 5.69 Å². The topological polar surface area (TPSA) is 65.9 Å². The number of rotatable bonds is 3. The predicted octanol–water partition coefficient (Wildman–Crippen LogP) is 2.48. The van der Waals surface area contributed by atoms with Gasteiger partial charge < -0.3 is 10.6 Å². The number of hydrogen-bond acceptors (Lipinski definition) is 4. The number of aryl methyl sites for hydroxylation is 1. The second-order valence-corrected chi connectivity index (χ2v) is 4.56. The number of aromatic nitrogens is 1. The van der Waals surface area contributed by atoms with Crippen molar-refractivity contribution in [2.75, 3.05) is 17.7 Å². The molecule has 4 nitrogen and oxygen atoms in total. The van der Waals surface area contributed by atoms with Crippen LogP contribution in [0.15, 0.2) is 36.4 Å². The van der Waals surface area contributed by atoms with Crippen molar-refractivity contribution in [3.8, 4) is 6.07 Å². The molecule has 0 saturated heterocycles. The molecular formula is C15H16N4. The van der Waals surface area contributed by atoms with E-state index in [0.717, 1.165) is 12.4 Å². The summed E-state index contributed by atoms with van der Waals surface area (Å²) in [6.07, 6.45) is 0. The van der Waals surface area contributed by atoms with E-state index in [1.165, 1.54) is 11.1 Å². The third-order valence-corrected chi connectivity index (χ3v) is 2.91. The van der Waals surface area contributed by atoms with E-state index in [0.29, 0.717) is 5.69 Å². The van der Waals surface area contributed by atoms with E-state index >= 15 is 0 Å². The summed E-state index contributed by atoms with van der Waals surface area (Å²) in [5.41, 5.74) is 8.79. The first-order chi connectivity index (χ1) is 9.10. The Balaban J connectivity index is 2.21. The maximum absolute atomic E-state index is 8.94. The molecule has 0 saturated carbocycles. The van der Waals surface area contributed by atoms with Crippen molar-refractivity contribution in [1.29, 1.82) is 5.26 Å². The average Bonchev–Trinajstić information content (AvgIpc) is 2.39. The first kappa shape index (κ1) is 12.9. The molecule has 4 heteroatoms. The molecule has 96 valence electrons. The van der Waals surface area contributed by atoms with Crippen molar-refractivity contribution in [3.63, 3.8) is 0 Å². The summed E-state index contributed by atoms with van der Waals surface area (Å²) >= 11 is 0. The second-order valence-electron chi connectivity index (χ2n) is 4.56. The first-order valence-electron chi connectivity index (χ1n) is 6.03. The molecule has 0 radical (unpaired) electrons. The molecule has 0 amide bonds. The van der Waals surface area contributed by atoms with Crippen molar-refractivity contribution in [2.24, 2.45) is 0 Å². The fourth-order valence-corrected chi connectivity index (χ4v) is 1.93. The van der Waals surface area contributed by atoms with Crippen LogP contribution in [-0.4, -0.2) is 12.0 Å². The van der Waals surface area contributed by atoms with Crippen LogP contribution in [0.25, 0.3) is 0 Å². The molecular weight excluding hydrogens is 236 g/mol. The van der Waals surface area contributed by atoms with E-state index in [-0.39, 0.29) is 5.69 Å². The number of nitrogen functional groups attached to an aromatic ring is 1. The van der Waals surface area contributed by atoms with Gasteiger partial charge >= 0.3 is 0 Å². The zero-order chi connectivity index (χ0) is 13.8. The summed E-state index contributed by atoms with van der Waals surface area (Å²) in [6.45, 7) is 2.81. The maximum Gasteiger partial charge on any atom is 0.165 e. The Morgan fingerprint density at radius 3 is 2.79 bits per heavy atom. The van der Waals surface area contributed by atoms with E-state index in [1.807, 2.05) is 30.1 Å². The zero-order valence-electron chi connectivity index (χ0n) is 11.1. The Kier molecular flexibility index (Phi) is 3.67. The van der Waals surface area contributed by atoms with Gasteiger partial charge in [0.25, 0.3) is 0 Å². The lowest BCUT2D eigenvalue weighted by Gasteiger charge is -2.19. The lowest BCUT2D eigenvalue weighted by atomic mass is 10.1. The largest absolute Gasteiger partial charge is 0.396 e. The van der Waals surface area contributed by atoms with Gasteiger partial charge in [-0.3, -0.25) is 0 Å². The smallest absolute Gasteiger partial charge is 0.165 e. The van der Waals surface area contributed by atoms with Crippen LogP contribution in [0, 0.1) is 18.3 Å². The Bertz CT molecular complexity index is 628. The van der Waals surface area contributed by atoms with Gasteiger partial charge in [0.1, 0.15) is 11.9 Å². The summed E-state index contributed by atoms with van der Waals surface area (Å²) in [4.78, 5) is 6.24. The molecule has 0 aliphatic heterocycles. The van der Waals surface area contributed by atoms with Crippen LogP contribution in [0.4, 0.5) is 11.5 Å². The highest BCUT2D eigenvalue weighted by Gasteiger charge is 2.07. The number of hydrogen-bond donors (Lipinski definition) is 1. The van der Waals surface area contributed by atoms with Crippen molar-refractivity contribution in [3.05, 3.63) is 53.2 Å². The van der Waals surface area contributed by atoms with E-state index in [2.05, 4.69) is 30.1 Å². The molecule has 19 heavy (non-hydrogen) atoms. The number of pyridine rings is 1. The Morgan fingerprint density at radius 2 is 2.11 bits per heavy atom. The number of benzene rings is 1. The third-order valence-electron chi connectivity index (χ3n) is 2.91. The van der Waals surface area contributed by atoms with E-state index in [4.69, 9.17) is 11.0 Å². The molecule has 2 N–H and O–H groups in total. The van der Waals surface area contributed by atoms with Crippen molar-refractivity contribution >= 4 is 11.5 Å². The summed E-state index contributed by atoms with van der Waals surface area (Å²) in [5.74, 6) is 0.743. The van der Waals surface area contributed by atoms with E-state index < -0.39 is 0 Å². The van der Waals surface area contributed by atoms with Crippen molar-refractivity contribution < 1.29 is 0 Å². The Morgan fingerprint density at radius 1 is 1.32 bits per heavy atom. The molecule has 1 heterocycles. The molecule has 0 spiro atoms. The van der Waals surface area contributed by atoms with Gasteiger partial charge in [-0.1, -0.05) is 29.8 Å². The highest BCUT2D eigenvalue weighted by atomic mass is 15.2. The first-order valence-corrected chi connectivity index (χ1v) is 6.03. The summed E-state index contributed by atoms with van der Waals surface area (Å²) in [7, 11) is 1.95. The summed E-state index contributed by atoms with van der Waals surface area (Å²) < 4.78 is 0. The normalized spacial score (nSPS) is 9.95. The van der Waals surface area contributed by atoms with Gasteiger partial charge in [-0.2, -0.15) is 5.26 Å². The minimum atomic E-state index is 0.272. The minimum absolute atomic E-state index is 0.272. The zero-order valence-corrected chi connectivity index (χ0v) is 11.1. The van der Waals surface area contributed by atoms with Crippen LogP contribution in [-0.2, 0) is 6.54 Å². The second kappa shape index (κ2) is 5.40. The highest BCUT2D eigenvalue weighted by Crippen LogP contribution is 2.17. The van der Waals surface area contributed by atoms with Gasteiger partial charge in [0.05, 0.1) is 5.69 Å². The van der Waals surface area contributed by atoms with Crippen LogP contribution in [0.2, 0.25) is 0 Å². The maximum atomic E-state index is 8.94. The Hall–Kier alpha value is -2.54. The number of nitrogens with two attached hydrogens (primary N) is 1. The molecule has 0 bridgehead atoms. The minimum Gasteiger partial charge on any atom is -0.396 e. The molecule has 2 aromatic rings. The van der Waals surface area contributed by atoms with Crippen molar-refractivity contribution in [2.45, 2.75) is 13.5 Å². The van der Waals surface area contributed by atoms with Gasteiger partial charge in [0, 0.05) is 13.6 Å². The lowest BCUT2D eigenvalue weighted by molar-refractivity contribution is 0.895. The fraction of sp³-hybridized carbons (Fsp3) is 0.200. The average molecular weight is 252 g/mol. The molecule has 0 atom stereocenters. The molecule has 0 aliphatic rings. The highest BCUT2D eigenvalue weighted by molar-refractivity contribution is 5.55. The van der Waals surface area contributed by atoms with E-state index in [9.17, 15) is 0 Å². The molecule has 1 aromatic heterocycles. The summed E-state index contributed by atoms with van der Waals surface area (Å²) in [6, 6.07) is 13.9. The van der Waals surface area contributed by atoms with Gasteiger partial charge in [-0.25, -0.2) is 4.98 Å². The molecule has 0 fully saturated rings. The fourth-order valence-electron chi connectivity index (χ4n) is 1.93. The van der Waals surface area contributed by atoms with Gasteiger partial charge in [0.2, 0.25) is 0 Å². The van der Waals surface area contributed by atoms with Gasteiger partial charge in [-0.05, 0) is 24.6 Å². The number of nitriles is 1. The quantitative estimate of drug-likeness (QED) is 0.911. The lowest BCUT2D eigenvalue weighted by Crippen LogP contribution is -2.18. The number of nitrogens with zero attached hydrogens (tertiary/aromatic N) is 3. The molecule has 2 rings (SSSR count). The molecule has 0 unspecified atom stereocenters. The Labute approximate surface area is 113 Å². The molecule has 0 aliphatic carbocycles. The van der Waals surface area contributed by atoms with Crippen LogP contribution in [0.1, 0.15) is 16.8 Å². The third kappa shape index (κ3) is 3.02. The monoisotopic (exact) mass is 252 g/mol.